The van der Waals surface area contributed by atoms with Crippen molar-refractivity contribution in [2.45, 2.75) is 31.9 Å². The zero-order chi connectivity index (χ0) is 14.0. The summed E-state index contributed by atoms with van der Waals surface area (Å²) < 4.78 is 5.65. The second-order valence-corrected chi connectivity index (χ2v) is 5.83. The van der Waals surface area contributed by atoms with Gasteiger partial charge in [-0.15, -0.1) is 0 Å². The lowest BCUT2D eigenvalue weighted by Gasteiger charge is -2.37. The van der Waals surface area contributed by atoms with Crippen LogP contribution in [0.5, 0.6) is 0 Å². The third kappa shape index (κ3) is 2.66. The van der Waals surface area contributed by atoms with Crippen molar-refractivity contribution in [1.82, 2.24) is 9.80 Å². The van der Waals surface area contributed by atoms with Crippen LogP contribution in [0.15, 0.2) is 30.3 Å². The van der Waals surface area contributed by atoms with Crippen LogP contribution in [0.2, 0.25) is 0 Å². The van der Waals surface area contributed by atoms with E-state index in [9.17, 15) is 4.79 Å². The van der Waals surface area contributed by atoms with E-state index >= 15 is 0 Å². The number of hydrogen-bond donors (Lipinski definition) is 0. The van der Waals surface area contributed by atoms with Crippen LogP contribution in [-0.4, -0.2) is 47.7 Å². The minimum atomic E-state index is -0.222. The molecule has 1 aromatic carbocycles. The van der Waals surface area contributed by atoms with E-state index in [1.807, 2.05) is 17.9 Å². The molecule has 4 nitrogen and oxygen atoms in total. The molecular formula is C16H22N2O2. The van der Waals surface area contributed by atoms with Gasteiger partial charge in [0, 0.05) is 39.0 Å². The van der Waals surface area contributed by atoms with Crippen LogP contribution < -0.4 is 0 Å². The summed E-state index contributed by atoms with van der Waals surface area (Å²) in [5.41, 5.74) is 1.13. The third-order valence-corrected chi connectivity index (χ3v) is 4.44. The van der Waals surface area contributed by atoms with Gasteiger partial charge in [-0.25, -0.2) is 4.79 Å². The zero-order valence-corrected chi connectivity index (χ0v) is 12.0. The van der Waals surface area contributed by atoms with Crippen LogP contribution in [0.25, 0.3) is 0 Å². The van der Waals surface area contributed by atoms with Gasteiger partial charge in [0.05, 0.1) is 6.54 Å². The largest absolute Gasteiger partial charge is 0.441 e. The number of likely N-dealkylation sites (N-methyl/N-ethyl adjacent to an activating group) is 1. The van der Waals surface area contributed by atoms with E-state index in [-0.39, 0.29) is 11.7 Å². The van der Waals surface area contributed by atoms with Crippen LogP contribution in [-0.2, 0) is 11.3 Å². The Kier molecular flexibility index (Phi) is 3.66. The highest BCUT2D eigenvalue weighted by Gasteiger charge is 2.46. The highest BCUT2D eigenvalue weighted by molar-refractivity contribution is 5.70. The fourth-order valence-electron chi connectivity index (χ4n) is 3.16. The van der Waals surface area contributed by atoms with Gasteiger partial charge < -0.3 is 9.64 Å². The van der Waals surface area contributed by atoms with Gasteiger partial charge in [-0.05, 0) is 12.5 Å². The smallest absolute Gasteiger partial charge is 0.410 e. The summed E-state index contributed by atoms with van der Waals surface area (Å²) in [6.07, 6.45) is 1.76. The SMILES string of the molecule is CCN1CC2(CCN(Cc3ccccc3)CC2)OC1=O. The van der Waals surface area contributed by atoms with Gasteiger partial charge in [0.25, 0.3) is 0 Å². The molecule has 2 fully saturated rings. The van der Waals surface area contributed by atoms with Gasteiger partial charge in [-0.2, -0.15) is 0 Å². The fraction of sp³-hybridized carbons (Fsp3) is 0.562. The highest BCUT2D eigenvalue weighted by atomic mass is 16.6. The van der Waals surface area contributed by atoms with Gasteiger partial charge in [0.15, 0.2) is 0 Å². The Morgan fingerprint density at radius 2 is 1.90 bits per heavy atom. The zero-order valence-electron chi connectivity index (χ0n) is 12.0. The fourth-order valence-corrected chi connectivity index (χ4v) is 3.16. The molecule has 2 heterocycles. The molecule has 0 bridgehead atoms. The Morgan fingerprint density at radius 3 is 2.50 bits per heavy atom. The topological polar surface area (TPSA) is 32.8 Å². The normalized spacial score (nSPS) is 22.2. The van der Waals surface area contributed by atoms with E-state index in [0.29, 0.717) is 0 Å². The number of amides is 1. The maximum absolute atomic E-state index is 11.7. The van der Waals surface area contributed by atoms with E-state index in [1.54, 1.807) is 0 Å². The first kappa shape index (κ1) is 13.4. The molecule has 1 aromatic rings. The summed E-state index contributed by atoms with van der Waals surface area (Å²) >= 11 is 0. The molecule has 0 N–H and O–H groups in total. The number of carbonyl (C=O) groups is 1. The minimum absolute atomic E-state index is 0.135. The van der Waals surface area contributed by atoms with Crippen molar-refractivity contribution in [3.63, 3.8) is 0 Å². The van der Waals surface area contributed by atoms with Gasteiger partial charge in [-0.3, -0.25) is 4.90 Å². The second-order valence-electron chi connectivity index (χ2n) is 5.83. The Balaban J connectivity index is 1.56. The van der Waals surface area contributed by atoms with Gasteiger partial charge in [0.2, 0.25) is 0 Å². The van der Waals surface area contributed by atoms with Crippen molar-refractivity contribution in [3.8, 4) is 0 Å². The summed E-state index contributed by atoms with van der Waals surface area (Å²) in [6, 6.07) is 10.5. The van der Waals surface area contributed by atoms with Gasteiger partial charge in [-0.1, -0.05) is 30.3 Å². The van der Waals surface area contributed by atoms with Crippen molar-refractivity contribution in [2.24, 2.45) is 0 Å². The molecule has 0 radical (unpaired) electrons. The number of carbonyl (C=O) groups excluding carboxylic acids is 1. The van der Waals surface area contributed by atoms with Gasteiger partial charge in [0.1, 0.15) is 5.60 Å². The molecule has 3 rings (SSSR count). The Bertz CT molecular complexity index is 467. The quantitative estimate of drug-likeness (QED) is 0.849. The molecule has 2 saturated heterocycles. The molecule has 0 aromatic heterocycles. The van der Waals surface area contributed by atoms with E-state index in [0.717, 1.165) is 45.6 Å². The molecule has 20 heavy (non-hydrogen) atoms. The molecular weight excluding hydrogens is 252 g/mol. The van der Waals surface area contributed by atoms with Crippen molar-refractivity contribution < 1.29 is 9.53 Å². The summed E-state index contributed by atoms with van der Waals surface area (Å²) in [5.74, 6) is 0. The number of hydrogen-bond acceptors (Lipinski definition) is 3. The average molecular weight is 274 g/mol. The lowest BCUT2D eigenvalue weighted by atomic mass is 9.91. The van der Waals surface area contributed by atoms with Gasteiger partial charge >= 0.3 is 6.09 Å². The number of ether oxygens (including phenoxy) is 1. The summed E-state index contributed by atoms with van der Waals surface area (Å²) in [6.45, 7) is 6.50. The molecule has 2 aliphatic rings. The van der Waals surface area contributed by atoms with E-state index in [2.05, 4.69) is 29.2 Å². The van der Waals surface area contributed by atoms with Crippen LogP contribution in [0.3, 0.4) is 0 Å². The number of benzene rings is 1. The number of rotatable bonds is 3. The molecule has 1 amide bonds. The first-order chi connectivity index (χ1) is 9.71. The van der Waals surface area contributed by atoms with Crippen molar-refractivity contribution in [1.29, 1.82) is 0 Å². The summed E-state index contributed by atoms with van der Waals surface area (Å²) in [4.78, 5) is 16.0. The maximum Gasteiger partial charge on any atom is 0.410 e. The Hall–Kier alpha value is -1.55. The van der Waals surface area contributed by atoms with Crippen LogP contribution in [0.1, 0.15) is 25.3 Å². The first-order valence-corrected chi connectivity index (χ1v) is 7.45. The highest BCUT2D eigenvalue weighted by Crippen LogP contribution is 2.33. The molecule has 0 unspecified atom stereocenters. The average Bonchev–Trinajstić information content (AvgIpc) is 2.79. The predicted molar refractivity (Wildman–Crippen MR) is 77.4 cm³/mol. The predicted octanol–water partition coefficient (Wildman–Crippen LogP) is 2.49. The maximum atomic E-state index is 11.7. The number of piperidine rings is 1. The lowest BCUT2D eigenvalue weighted by Crippen LogP contribution is -2.46. The number of nitrogens with zero attached hydrogens (tertiary/aromatic N) is 2. The monoisotopic (exact) mass is 274 g/mol. The first-order valence-electron chi connectivity index (χ1n) is 7.45. The molecule has 0 atom stereocenters. The molecule has 4 heteroatoms. The summed E-state index contributed by atoms with van der Waals surface area (Å²) in [7, 11) is 0. The molecule has 2 aliphatic heterocycles. The number of likely N-dealkylation sites (tertiary alicyclic amines) is 1. The lowest BCUT2D eigenvalue weighted by molar-refractivity contribution is -0.00123. The second kappa shape index (κ2) is 5.44. The standard InChI is InChI=1S/C16H22N2O2/c1-2-18-13-16(20-15(18)19)8-10-17(11-9-16)12-14-6-4-3-5-7-14/h3-7H,2,8-13H2,1H3. The Morgan fingerprint density at radius 1 is 1.20 bits per heavy atom. The van der Waals surface area contributed by atoms with Crippen LogP contribution in [0, 0.1) is 0 Å². The molecule has 0 saturated carbocycles. The van der Waals surface area contributed by atoms with Crippen molar-refractivity contribution in [3.05, 3.63) is 35.9 Å². The van der Waals surface area contributed by atoms with E-state index in [4.69, 9.17) is 4.74 Å². The molecule has 1 spiro atoms. The third-order valence-electron chi connectivity index (χ3n) is 4.44. The summed E-state index contributed by atoms with van der Waals surface area (Å²) in [5, 5.41) is 0. The molecule has 0 aliphatic carbocycles. The molecule has 108 valence electrons. The van der Waals surface area contributed by atoms with E-state index < -0.39 is 0 Å². The minimum Gasteiger partial charge on any atom is -0.441 e. The van der Waals surface area contributed by atoms with Crippen molar-refractivity contribution in [2.75, 3.05) is 26.2 Å². The van der Waals surface area contributed by atoms with Crippen molar-refractivity contribution >= 4 is 6.09 Å². The van der Waals surface area contributed by atoms with Crippen LogP contribution in [0.4, 0.5) is 4.79 Å². The van der Waals surface area contributed by atoms with Crippen LogP contribution >= 0.6 is 0 Å². The Labute approximate surface area is 120 Å². The van der Waals surface area contributed by atoms with E-state index in [1.165, 1.54) is 5.56 Å².